The average Bonchev–Trinajstić information content (AvgIpc) is 1.97. The topological polar surface area (TPSA) is 35.2 Å². The van der Waals surface area contributed by atoms with Gasteiger partial charge in [0.2, 0.25) is 0 Å². The molecular weight excluding hydrogens is 158 g/mol. The van der Waals surface area contributed by atoms with Crippen LogP contribution in [0.15, 0.2) is 0 Å². The maximum atomic E-state index is 5.25. The highest BCUT2D eigenvalue weighted by Gasteiger charge is 2.06. The van der Waals surface area contributed by atoms with Crippen LogP contribution in [0.5, 0.6) is 0 Å². The van der Waals surface area contributed by atoms with Crippen molar-refractivity contribution in [1.82, 2.24) is 0 Å². The second-order valence-corrected chi connectivity index (χ2v) is 3.01. The normalized spacial score (nSPS) is 12.5. The van der Waals surface area contributed by atoms with Gasteiger partial charge in [0.05, 0.1) is 0 Å². The van der Waals surface area contributed by atoms with Gasteiger partial charge in [-0.2, -0.15) is 0 Å². The Bertz CT molecular complexity index is 117. The lowest BCUT2D eigenvalue weighted by Gasteiger charge is -2.14. The first-order chi connectivity index (χ1) is 5.20. The van der Waals surface area contributed by atoms with Crippen LogP contribution in [0.2, 0.25) is 0 Å². The first kappa shape index (κ1) is 10.7. The first-order valence-corrected chi connectivity index (χ1v) is 4.57. The highest BCUT2D eigenvalue weighted by Crippen LogP contribution is 2.07. The molecule has 0 aliphatic heterocycles. The number of hydrogen-bond acceptors (Lipinski definition) is 2. The number of nitrogens with two attached hydrogens (primary N) is 1. The molecule has 0 heterocycles. The maximum Gasteiger partial charge on any atom is 0.254 e. The minimum absolute atomic E-state index is 0.174. The predicted octanol–water partition coefficient (Wildman–Crippen LogP) is 2.22. The van der Waals surface area contributed by atoms with Crippen LogP contribution in [-0.4, -0.2) is 11.3 Å². The van der Waals surface area contributed by atoms with Gasteiger partial charge in [-0.3, -0.25) is 0 Å². The van der Waals surface area contributed by atoms with Crippen molar-refractivity contribution >= 4 is 17.4 Å². The Morgan fingerprint density at radius 3 is 2.55 bits per heavy atom. The zero-order valence-electron chi connectivity index (χ0n) is 7.30. The van der Waals surface area contributed by atoms with E-state index in [-0.39, 0.29) is 11.3 Å². The summed E-state index contributed by atoms with van der Waals surface area (Å²) in [7, 11) is 0. The maximum absolute atomic E-state index is 5.25. The molecule has 0 saturated carbocycles. The van der Waals surface area contributed by atoms with E-state index >= 15 is 0 Å². The molecule has 0 aliphatic carbocycles. The molecule has 0 bridgehead atoms. The predicted molar refractivity (Wildman–Crippen MR) is 51.5 cm³/mol. The highest BCUT2D eigenvalue weighted by molar-refractivity contribution is 7.80. The molecule has 0 aromatic rings. The van der Waals surface area contributed by atoms with Gasteiger partial charge in [-0.15, -0.1) is 0 Å². The van der Waals surface area contributed by atoms with Gasteiger partial charge in [-0.25, -0.2) is 0 Å². The van der Waals surface area contributed by atoms with E-state index in [9.17, 15) is 0 Å². The molecule has 0 saturated heterocycles. The Morgan fingerprint density at radius 1 is 1.55 bits per heavy atom. The van der Waals surface area contributed by atoms with Crippen LogP contribution in [-0.2, 0) is 4.74 Å². The SMILES string of the molecule is CCCCC(CC)OC(N)=S. The third-order valence-electron chi connectivity index (χ3n) is 1.62. The molecule has 0 radical (unpaired) electrons. The third kappa shape index (κ3) is 6.10. The molecule has 1 atom stereocenters. The summed E-state index contributed by atoms with van der Waals surface area (Å²) in [5, 5.41) is 0.174. The summed E-state index contributed by atoms with van der Waals surface area (Å²) in [6, 6.07) is 0. The third-order valence-corrected chi connectivity index (χ3v) is 1.71. The van der Waals surface area contributed by atoms with Crippen molar-refractivity contribution in [2.75, 3.05) is 0 Å². The van der Waals surface area contributed by atoms with Gasteiger partial charge in [0, 0.05) is 0 Å². The summed E-state index contributed by atoms with van der Waals surface area (Å²) >= 11 is 4.64. The van der Waals surface area contributed by atoms with E-state index in [1.807, 2.05) is 0 Å². The van der Waals surface area contributed by atoms with E-state index in [1.165, 1.54) is 12.8 Å². The lowest BCUT2D eigenvalue weighted by molar-refractivity contribution is 0.173. The molecule has 3 heteroatoms. The molecule has 0 rings (SSSR count). The van der Waals surface area contributed by atoms with Gasteiger partial charge in [0.25, 0.3) is 5.17 Å². The quantitative estimate of drug-likeness (QED) is 0.651. The van der Waals surface area contributed by atoms with Gasteiger partial charge in [-0.05, 0) is 25.1 Å². The molecular formula is C8H17NOS. The Kier molecular flexibility index (Phi) is 6.22. The van der Waals surface area contributed by atoms with Crippen molar-refractivity contribution in [2.24, 2.45) is 5.73 Å². The Morgan fingerprint density at radius 2 is 2.18 bits per heavy atom. The van der Waals surface area contributed by atoms with Gasteiger partial charge < -0.3 is 10.5 Å². The van der Waals surface area contributed by atoms with Crippen molar-refractivity contribution in [3.63, 3.8) is 0 Å². The molecule has 0 aliphatic rings. The lowest BCUT2D eigenvalue weighted by Crippen LogP contribution is -2.21. The van der Waals surface area contributed by atoms with E-state index in [0.29, 0.717) is 0 Å². The van der Waals surface area contributed by atoms with Crippen LogP contribution in [0, 0.1) is 0 Å². The summed E-state index contributed by atoms with van der Waals surface area (Å²) in [6.45, 7) is 4.24. The number of hydrogen-bond donors (Lipinski definition) is 1. The fourth-order valence-electron chi connectivity index (χ4n) is 0.942. The lowest BCUT2D eigenvalue weighted by atomic mass is 10.1. The van der Waals surface area contributed by atoms with Crippen molar-refractivity contribution < 1.29 is 4.74 Å². The van der Waals surface area contributed by atoms with E-state index in [1.54, 1.807) is 0 Å². The van der Waals surface area contributed by atoms with Crippen molar-refractivity contribution in [1.29, 1.82) is 0 Å². The Balaban J connectivity index is 3.49. The molecule has 0 aromatic carbocycles. The fraction of sp³-hybridized carbons (Fsp3) is 0.875. The first-order valence-electron chi connectivity index (χ1n) is 4.16. The fourth-order valence-corrected chi connectivity index (χ4v) is 1.08. The molecule has 1 unspecified atom stereocenters. The summed E-state index contributed by atoms with van der Waals surface area (Å²) in [5.41, 5.74) is 5.25. The summed E-state index contributed by atoms with van der Waals surface area (Å²) in [5.74, 6) is 0. The number of ether oxygens (including phenoxy) is 1. The molecule has 0 amide bonds. The summed E-state index contributed by atoms with van der Waals surface area (Å²) in [4.78, 5) is 0. The van der Waals surface area contributed by atoms with E-state index < -0.39 is 0 Å². The van der Waals surface area contributed by atoms with E-state index in [0.717, 1.165) is 12.8 Å². The van der Waals surface area contributed by atoms with Crippen LogP contribution >= 0.6 is 12.2 Å². The zero-order chi connectivity index (χ0) is 8.69. The molecule has 11 heavy (non-hydrogen) atoms. The second kappa shape index (κ2) is 6.40. The van der Waals surface area contributed by atoms with Crippen LogP contribution in [0.1, 0.15) is 39.5 Å². The van der Waals surface area contributed by atoms with Gasteiger partial charge in [-0.1, -0.05) is 26.7 Å². The van der Waals surface area contributed by atoms with Crippen molar-refractivity contribution in [3.05, 3.63) is 0 Å². The number of thiocarbonyl (C=S) groups is 1. The Hall–Kier alpha value is -0.310. The summed E-state index contributed by atoms with van der Waals surface area (Å²) in [6.07, 6.45) is 4.65. The highest BCUT2D eigenvalue weighted by atomic mass is 32.1. The molecule has 0 fully saturated rings. The van der Waals surface area contributed by atoms with Crippen molar-refractivity contribution in [2.45, 2.75) is 45.6 Å². The number of rotatable bonds is 5. The molecule has 2 N–H and O–H groups in total. The molecule has 66 valence electrons. The van der Waals surface area contributed by atoms with Crippen LogP contribution in [0.3, 0.4) is 0 Å². The number of unbranched alkanes of at least 4 members (excludes halogenated alkanes) is 1. The van der Waals surface area contributed by atoms with E-state index in [4.69, 9.17) is 10.5 Å². The van der Waals surface area contributed by atoms with E-state index in [2.05, 4.69) is 26.1 Å². The Labute approximate surface area is 74.1 Å². The average molecular weight is 175 g/mol. The molecule has 2 nitrogen and oxygen atoms in total. The largest absolute Gasteiger partial charge is 0.468 e. The van der Waals surface area contributed by atoms with Gasteiger partial charge in [0.15, 0.2) is 0 Å². The zero-order valence-corrected chi connectivity index (χ0v) is 8.12. The molecule has 0 spiro atoms. The van der Waals surface area contributed by atoms with Crippen LogP contribution in [0.4, 0.5) is 0 Å². The van der Waals surface area contributed by atoms with Gasteiger partial charge >= 0.3 is 0 Å². The smallest absolute Gasteiger partial charge is 0.254 e. The standard InChI is InChI=1S/C8H17NOS/c1-3-5-6-7(4-2)10-8(9)11/h7H,3-6H2,1-2H3,(H2,9,11). The van der Waals surface area contributed by atoms with Crippen LogP contribution < -0.4 is 5.73 Å². The minimum atomic E-state index is 0.174. The second-order valence-electron chi connectivity index (χ2n) is 2.61. The monoisotopic (exact) mass is 175 g/mol. The minimum Gasteiger partial charge on any atom is -0.468 e. The van der Waals surface area contributed by atoms with Crippen molar-refractivity contribution in [3.8, 4) is 0 Å². The molecule has 0 aromatic heterocycles. The van der Waals surface area contributed by atoms with Crippen LogP contribution in [0.25, 0.3) is 0 Å². The van der Waals surface area contributed by atoms with Gasteiger partial charge in [0.1, 0.15) is 6.10 Å². The summed E-state index contributed by atoms with van der Waals surface area (Å²) < 4.78 is 5.21.